The Morgan fingerprint density at radius 1 is 0.482 bits per heavy atom. The molecule has 0 radical (unpaired) electrons. The van der Waals surface area contributed by atoms with E-state index in [2.05, 4.69) is 24.5 Å². The zero-order chi connectivity index (χ0) is 42.5. The molecule has 0 fully saturated rings. The first-order valence-electron chi connectivity index (χ1n) is 17.5. The fourth-order valence-electron chi connectivity index (χ4n) is 4.87. The van der Waals surface area contributed by atoms with E-state index in [0.29, 0.717) is 23.0 Å². The van der Waals surface area contributed by atoms with E-state index in [1.807, 2.05) is 0 Å². The molecule has 0 saturated carbocycles. The van der Waals surface area contributed by atoms with Crippen LogP contribution in [0.2, 0.25) is 0 Å². The van der Waals surface area contributed by atoms with Crippen molar-refractivity contribution in [2.75, 3.05) is 95.0 Å². The highest BCUT2D eigenvalue weighted by Gasteiger charge is 2.29. The minimum absolute atomic E-state index is 0.0168. The lowest BCUT2D eigenvalue weighted by Gasteiger charge is -2.26. The first kappa shape index (κ1) is 50.5. The Balaban J connectivity index is 0.000000580. The number of ether oxygens (including phenoxy) is 6. The molecule has 3 aromatic rings. The van der Waals surface area contributed by atoms with Crippen LogP contribution < -0.4 is 39.1 Å². The first-order valence-corrected chi connectivity index (χ1v) is 22.7. The van der Waals surface area contributed by atoms with E-state index in [1.54, 1.807) is 13.8 Å². The fraction of sp³-hybridized carbons (Fsp3) is 0.500. The number of halogens is 1. The van der Waals surface area contributed by atoms with Crippen molar-refractivity contribution < 1.29 is 53.7 Å². The molecule has 0 atom stereocenters. The van der Waals surface area contributed by atoms with E-state index in [0.717, 1.165) is 26.2 Å². The van der Waals surface area contributed by atoms with Crippen molar-refractivity contribution in [3.63, 3.8) is 0 Å². The highest BCUT2D eigenvalue weighted by atomic mass is 35.7. The van der Waals surface area contributed by atoms with Gasteiger partial charge in [-0.05, 0) is 49.5 Å². The summed E-state index contributed by atoms with van der Waals surface area (Å²) in [4.78, 5) is 0.0346. The quantitative estimate of drug-likeness (QED) is 0.114. The third-order valence-electron chi connectivity index (χ3n) is 7.90. The Hall–Kier alpha value is -3.56. The summed E-state index contributed by atoms with van der Waals surface area (Å²) in [5.41, 5.74) is 0. The molecule has 56 heavy (non-hydrogen) atoms. The van der Waals surface area contributed by atoms with Gasteiger partial charge >= 0.3 is 0 Å². The van der Waals surface area contributed by atoms with E-state index in [1.165, 1.54) is 106 Å². The van der Waals surface area contributed by atoms with Crippen molar-refractivity contribution in [2.45, 2.75) is 42.4 Å². The van der Waals surface area contributed by atoms with E-state index in [-0.39, 0.29) is 52.4 Å². The van der Waals surface area contributed by atoms with Gasteiger partial charge in [0.05, 0.1) is 57.3 Å². The van der Waals surface area contributed by atoms with Crippen molar-refractivity contribution >= 4 is 39.8 Å². The van der Waals surface area contributed by atoms with Crippen LogP contribution in [0.1, 0.15) is 27.7 Å². The Morgan fingerprint density at radius 3 is 1.02 bits per heavy atom. The van der Waals surface area contributed by atoms with Crippen molar-refractivity contribution in [2.24, 2.45) is 0 Å². The number of rotatable bonds is 21. The minimum atomic E-state index is -3.90. The summed E-state index contributed by atoms with van der Waals surface area (Å²) in [6.45, 7) is 12.2. The lowest BCUT2D eigenvalue weighted by atomic mass is 10.3. The molecule has 0 aliphatic heterocycles. The molecule has 0 aliphatic rings. The van der Waals surface area contributed by atoms with E-state index >= 15 is 0 Å². The third-order valence-corrected chi connectivity index (χ3v) is 13.2. The highest BCUT2D eigenvalue weighted by molar-refractivity contribution is 8.13. The zero-order valence-corrected chi connectivity index (χ0v) is 37.0. The normalized spacial score (nSPS) is 11.5. The molecule has 0 saturated heterocycles. The van der Waals surface area contributed by atoms with Gasteiger partial charge < -0.3 is 39.1 Å². The van der Waals surface area contributed by atoms with Crippen LogP contribution in [-0.4, -0.2) is 129 Å². The second kappa shape index (κ2) is 24.9. The number of likely N-dealkylation sites (N-methyl/N-ethyl adjacent to an activating group) is 4. The average molecular weight is 870 g/mol. The van der Waals surface area contributed by atoms with E-state index < -0.39 is 29.1 Å². The van der Waals surface area contributed by atoms with Gasteiger partial charge in [0, 0.05) is 68.2 Å². The maximum absolute atomic E-state index is 13.2. The molecule has 0 amide bonds. The molecule has 0 aliphatic carbocycles. The average Bonchev–Trinajstić information content (AvgIpc) is 3.20. The fourth-order valence-corrected chi connectivity index (χ4v) is 8.55. The van der Waals surface area contributed by atoms with Crippen LogP contribution in [-0.2, 0) is 29.1 Å². The molecule has 16 nitrogen and oxygen atoms in total. The summed E-state index contributed by atoms with van der Waals surface area (Å²) in [7, 11) is 2.28. The standard InChI is InChI=1S/C22H32N2O8S2.C8H9ClO4S.C6H16N2/c1-7-23(33(25,26)17-9-11-19(29-3)21(15-17)31-5)13-14-24(8-2)34(27,28)18-10-12-20(30-4)22(16-18)32-6;1-12-7-4-3-6(14(9,10)11)5-8(7)13-2;1-3-7-5-6-8-4-2/h9-12,15-16H,7-8,13-14H2,1-6H3;3-5H,1-2H3;7-8H,3-6H2,1-2H3. The number of hydrogen-bond acceptors (Lipinski definition) is 14. The van der Waals surface area contributed by atoms with E-state index in [9.17, 15) is 25.3 Å². The highest BCUT2D eigenvalue weighted by Crippen LogP contribution is 2.33. The number of hydrogen-bond donors (Lipinski definition) is 2. The largest absolute Gasteiger partial charge is 0.493 e. The molecule has 0 heterocycles. The van der Waals surface area contributed by atoms with Gasteiger partial charge in [-0.25, -0.2) is 25.3 Å². The molecule has 3 aromatic carbocycles. The van der Waals surface area contributed by atoms with Gasteiger partial charge in [0.25, 0.3) is 9.05 Å². The van der Waals surface area contributed by atoms with Crippen molar-refractivity contribution in [1.82, 2.24) is 19.2 Å². The molecule has 3 rings (SSSR count). The van der Waals surface area contributed by atoms with Gasteiger partial charge in [-0.1, -0.05) is 27.7 Å². The molecule has 20 heteroatoms. The third kappa shape index (κ3) is 14.7. The van der Waals surface area contributed by atoms with Gasteiger partial charge in [-0.2, -0.15) is 8.61 Å². The van der Waals surface area contributed by atoms with Gasteiger partial charge in [0.2, 0.25) is 20.0 Å². The molecule has 318 valence electrons. The summed E-state index contributed by atoms with van der Waals surface area (Å²) < 4.78 is 108. The number of benzene rings is 3. The van der Waals surface area contributed by atoms with Crippen LogP contribution >= 0.6 is 10.7 Å². The van der Waals surface area contributed by atoms with Crippen LogP contribution in [0.5, 0.6) is 34.5 Å². The zero-order valence-electron chi connectivity index (χ0n) is 33.7. The van der Waals surface area contributed by atoms with E-state index in [4.69, 9.17) is 39.1 Å². The van der Waals surface area contributed by atoms with Gasteiger partial charge in [0.1, 0.15) is 0 Å². The second-order valence-corrected chi connectivity index (χ2v) is 17.6. The molecular formula is C36H57ClN4O12S3. The monoisotopic (exact) mass is 868 g/mol. The second-order valence-electron chi connectivity index (χ2n) is 11.2. The molecule has 0 aromatic heterocycles. The van der Waals surface area contributed by atoms with Crippen LogP contribution in [0.15, 0.2) is 69.3 Å². The molecular weight excluding hydrogens is 812 g/mol. The van der Waals surface area contributed by atoms with Crippen LogP contribution in [0.3, 0.4) is 0 Å². The number of nitrogens with one attached hydrogen (secondary N) is 2. The molecule has 2 N–H and O–H groups in total. The summed E-state index contributed by atoms with van der Waals surface area (Å²) in [6, 6.07) is 12.8. The Labute approximate surface area is 337 Å². The van der Waals surface area contributed by atoms with Crippen molar-refractivity contribution in [3.05, 3.63) is 54.6 Å². The summed E-state index contributed by atoms with van der Waals surface area (Å²) in [6.07, 6.45) is 0. The molecule has 0 bridgehead atoms. The SMILES string of the molecule is CCN(CCN(CC)S(=O)(=O)c1ccc(OC)c(OC)c1)S(=O)(=O)c1ccc(OC)c(OC)c1.CCNCCNCC.COc1ccc(S(=O)(=O)Cl)cc1OC. The predicted molar refractivity (Wildman–Crippen MR) is 218 cm³/mol. The first-order chi connectivity index (χ1) is 26.5. The van der Waals surface area contributed by atoms with Crippen LogP contribution in [0.4, 0.5) is 0 Å². The maximum atomic E-state index is 13.2. The molecule has 0 unspecified atom stereocenters. The van der Waals surface area contributed by atoms with Gasteiger partial charge in [-0.3, -0.25) is 0 Å². The van der Waals surface area contributed by atoms with Crippen molar-refractivity contribution in [1.29, 1.82) is 0 Å². The van der Waals surface area contributed by atoms with Gasteiger partial charge in [-0.15, -0.1) is 0 Å². The predicted octanol–water partition coefficient (Wildman–Crippen LogP) is 4.28. The lowest BCUT2D eigenvalue weighted by molar-refractivity contribution is 0.350. The maximum Gasteiger partial charge on any atom is 0.261 e. The Kier molecular flexibility index (Phi) is 22.5. The number of nitrogens with zero attached hydrogens (tertiary/aromatic N) is 2. The summed E-state index contributed by atoms with van der Waals surface area (Å²) in [5.74, 6) is 2.16. The number of methoxy groups -OCH3 is 6. The minimum Gasteiger partial charge on any atom is -0.493 e. The topological polar surface area (TPSA) is 188 Å². The number of sulfonamides is 2. The smallest absolute Gasteiger partial charge is 0.261 e. The Morgan fingerprint density at radius 2 is 0.768 bits per heavy atom. The lowest BCUT2D eigenvalue weighted by Crippen LogP contribution is -2.41. The van der Waals surface area contributed by atoms with Crippen LogP contribution in [0.25, 0.3) is 0 Å². The van der Waals surface area contributed by atoms with Crippen molar-refractivity contribution in [3.8, 4) is 34.5 Å². The van der Waals surface area contributed by atoms with Gasteiger partial charge in [0.15, 0.2) is 34.5 Å². The Bertz CT molecular complexity index is 1870. The summed E-state index contributed by atoms with van der Waals surface area (Å²) >= 11 is 0. The summed E-state index contributed by atoms with van der Waals surface area (Å²) in [5, 5.41) is 6.44. The molecule has 0 spiro atoms. The van der Waals surface area contributed by atoms with Crippen LogP contribution in [0, 0.1) is 0 Å².